The monoisotopic (exact) mass is 284 g/mol. The second kappa shape index (κ2) is 5.30. The van der Waals surface area contributed by atoms with Crippen LogP contribution in [0.5, 0.6) is 0 Å². The number of rotatable bonds is 4. The van der Waals surface area contributed by atoms with Gasteiger partial charge in [-0.1, -0.05) is 20.3 Å². The molecule has 2 fully saturated rings. The van der Waals surface area contributed by atoms with Gasteiger partial charge < -0.3 is 14.9 Å². The summed E-state index contributed by atoms with van der Waals surface area (Å²) in [6.45, 7) is 7.07. The maximum absolute atomic E-state index is 12.3. The zero-order valence-corrected chi connectivity index (χ0v) is 13.1. The SMILES string of the molecule is CC(C)(O)C(O)C1C(C(=O)OC2CCCCC2)C1(C)C. The Kier molecular flexibility index (Phi) is 4.18. The molecule has 0 saturated heterocycles. The quantitative estimate of drug-likeness (QED) is 0.777. The normalized spacial score (nSPS) is 31.7. The van der Waals surface area contributed by atoms with Gasteiger partial charge in [-0.05, 0) is 44.9 Å². The summed E-state index contributed by atoms with van der Waals surface area (Å²) in [4.78, 5) is 12.3. The van der Waals surface area contributed by atoms with E-state index in [4.69, 9.17) is 4.74 Å². The van der Waals surface area contributed by atoms with Crippen molar-refractivity contribution < 1.29 is 19.7 Å². The second-order valence-corrected chi connectivity index (χ2v) is 7.62. The molecule has 20 heavy (non-hydrogen) atoms. The summed E-state index contributed by atoms with van der Waals surface area (Å²) in [6.07, 6.45) is 4.54. The molecule has 2 rings (SSSR count). The average molecular weight is 284 g/mol. The topological polar surface area (TPSA) is 66.8 Å². The number of hydrogen-bond donors (Lipinski definition) is 2. The Morgan fingerprint density at radius 2 is 1.80 bits per heavy atom. The van der Waals surface area contributed by atoms with Crippen LogP contribution in [0, 0.1) is 17.3 Å². The molecular formula is C16H28O4. The number of esters is 1. The first-order valence-electron chi connectivity index (χ1n) is 7.76. The molecule has 2 N–H and O–H groups in total. The molecule has 0 aromatic carbocycles. The fourth-order valence-corrected chi connectivity index (χ4v) is 3.58. The van der Waals surface area contributed by atoms with Crippen molar-refractivity contribution in [1.82, 2.24) is 0 Å². The van der Waals surface area contributed by atoms with Crippen LogP contribution in [-0.2, 0) is 9.53 Å². The highest BCUT2D eigenvalue weighted by atomic mass is 16.5. The molecule has 0 aromatic heterocycles. The van der Waals surface area contributed by atoms with Crippen LogP contribution in [0.2, 0.25) is 0 Å². The molecule has 2 aliphatic rings. The lowest BCUT2D eigenvalue weighted by Gasteiger charge is -2.26. The highest BCUT2D eigenvalue weighted by molar-refractivity contribution is 5.78. The van der Waals surface area contributed by atoms with Crippen molar-refractivity contribution in [3.63, 3.8) is 0 Å². The summed E-state index contributed by atoms with van der Waals surface area (Å²) in [5.41, 5.74) is -1.49. The lowest BCUT2D eigenvalue weighted by Crippen LogP contribution is -2.39. The van der Waals surface area contributed by atoms with E-state index < -0.39 is 11.7 Å². The van der Waals surface area contributed by atoms with Crippen molar-refractivity contribution in [3.8, 4) is 0 Å². The third kappa shape index (κ3) is 3.01. The van der Waals surface area contributed by atoms with E-state index in [0.29, 0.717) is 0 Å². The molecule has 0 aromatic rings. The van der Waals surface area contributed by atoms with Crippen LogP contribution in [0.3, 0.4) is 0 Å². The Balaban J connectivity index is 1.96. The van der Waals surface area contributed by atoms with Crippen LogP contribution >= 0.6 is 0 Å². The number of aliphatic hydroxyl groups excluding tert-OH is 1. The van der Waals surface area contributed by atoms with Crippen LogP contribution < -0.4 is 0 Å². The Labute approximate surface area is 121 Å². The molecule has 2 aliphatic carbocycles. The molecule has 0 heterocycles. The Morgan fingerprint density at radius 1 is 1.25 bits per heavy atom. The van der Waals surface area contributed by atoms with E-state index in [1.807, 2.05) is 13.8 Å². The highest BCUT2D eigenvalue weighted by Gasteiger charge is 2.67. The van der Waals surface area contributed by atoms with Gasteiger partial charge in [0.25, 0.3) is 0 Å². The lowest BCUT2D eigenvalue weighted by atomic mass is 9.93. The Morgan fingerprint density at radius 3 is 2.30 bits per heavy atom. The van der Waals surface area contributed by atoms with Crippen LogP contribution in [0.4, 0.5) is 0 Å². The summed E-state index contributed by atoms with van der Waals surface area (Å²) in [6, 6.07) is 0. The molecule has 116 valence electrons. The van der Waals surface area contributed by atoms with Crippen molar-refractivity contribution in [2.75, 3.05) is 0 Å². The predicted molar refractivity (Wildman–Crippen MR) is 76.0 cm³/mol. The zero-order valence-electron chi connectivity index (χ0n) is 13.1. The largest absolute Gasteiger partial charge is 0.462 e. The summed E-state index contributed by atoms with van der Waals surface area (Å²) in [7, 11) is 0. The molecular weight excluding hydrogens is 256 g/mol. The predicted octanol–water partition coefficient (Wildman–Crippen LogP) is 2.27. The molecule has 0 spiro atoms. The fraction of sp³-hybridized carbons (Fsp3) is 0.938. The molecule has 0 radical (unpaired) electrons. The minimum Gasteiger partial charge on any atom is -0.462 e. The van der Waals surface area contributed by atoms with Crippen molar-refractivity contribution in [2.24, 2.45) is 17.3 Å². The summed E-state index contributed by atoms with van der Waals surface area (Å²) < 4.78 is 5.61. The van der Waals surface area contributed by atoms with E-state index in [1.165, 1.54) is 6.42 Å². The van der Waals surface area contributed by atoms with Crippen molar-refractivity contribution in [1.29, 1.82) is 0 Å². The van der Waals surface area contributed by atoms with Gasteiger partial charge in [0.2, 0.25) is 0 Å². The molecule has 0 amide bonds. The van der Waals surface area contributed by atoms with Gasteiger partial charge in [0.1, 0.15) is 6.10 Å². The third-order valence-corrected chi connectivity index (χ3v) is 5.06. The van der Waals surface area contributed by atoms with E-state index in [2.05, 4.69) is 0 Å². The van der Waals surface area contributed by atoms with Gasteiger partial charge in [-0.2, -0.15) is 0 Å². The van der Waals surface area contributed by atoms with Crippen LogP contribution in [0.25, 0.3) is 0 Å². The summed E-state index contributed by atoms with van der Waals surface area (Å²) in [5.74, 6) is -0.723. The number of carbonyl (C=O) groups is 1. The van der Waals surface area contributed by atoms with E-state index in [0.717, 1.165) is 25.7 Å². The van der Waals surface area contributed by atoms with Gasteiger partial charge >= 0.3 is 5.97 Å². The van der Waals surface area contributed by atoms with Gasteiger partial charge in [-0.15, -0.1) is 0 Å². The van der Waals surface area contributed by atoms with E-state index in [1.54, 1.807) is 13.8 Å². The average Bonchev–Trinajstić information content (AvgIpc) is 2.91. The van der Waals surface area contributed by atoms with E-state index in [-0.39, 0.29) is 29.3 Å². The highest BCUT2D eigenvalue weighted by Crippen LogP contribution is 2.61. The van der Waals surface area contributed by atoms with Crippen LogP contribution in [0.1, 0.15) is 59.8 Å². The summed E-state index contributed by atoms with van der Waals surface area (Å²) in [5, 5.41) is 20.2. The maximum Gasteiger partial charge on any atom is 0.310 e. The molecule has 3 unspecified atom stereocenters. The lowest BCUT2D eigenvalue weighted by molar-refractivity contribution is -0.154. The van der Waals surface area contributed by atoms with Crippen LogP contribution in [-0.4, -0.2) is 34.0 Å². The maximum atomic E-state index is 12.3. The van der Waals surface area contributed by atoms with Gasteiger partial charge in [-0.3, -0.25) is 4.79 Å². The first-order chi connectivity index (χ1) is 9.15. The molecule has 2 saturated carbocycles. The first kappa shape index (κ1) is 15.8. The number of carbonyl (C=O) groups excluding carboxylic acids is 1. The first-order valence-corrected chi connectivity index (χ1v) is 7.76. The zero-order chi connectivity index (χ0) is 15.1. The molecule has 4 nitrogen and oxygen atoms in total. The number of hydrogen-bond acceptors (Lipinski definition) is 4. The minimum absolute atomic E-state index is 0.0487. The Hall–Kier alpha value is -0.610. The minimum atomic E-state index is -1.19. The molecule has 4 heteroatoms. The Bertz CT molecular complexity index is 363. The number of aliphatic hydroxyl groups is 2. The number of ether oxygens (including phenoxy) is 1. The standard InChI is InChI=1S/C16H28O4/c1-15(2)11(13(17)16(3,4)19)12(15)14(18)20-10-8-6-5-7-9-10/h10-13,17,19H,5-9H2,1-4H3. The third-order valence-electron chi connectivity index (χ3n) is 5.06. The van der Waals surface area contributed by atoms with Gasteiger partial charge in [0.05, 0.1) is 17.6 Å². The van der Waals surface area contributed by atoms with Gasteiger partial charge in [0.15, 0.2) is 0 Å². The molecule has 3 atom stereocenters. The van der Waals surface area contributed by atoms with Gasteiger partial charge in [-0.25, -0.2) is 0 Å². The van der Waals surface area contributed by atoms with E-state index in [9.17, 15) is 15.0 Å². The summed E-state index contributed by atoms with van der Waals surface area (Å²) >= 11 is 0. The fourth-order valence-electron chi connectivity index (χ4n) is 3.58. The molecule has 0 bridgehead atoms. The van der Waals surface area contributed by atoms with Crippen LogP contribution in [0.15, 0.2) is 0 Å². The smallest absolute Gasteiger partial charge is 0.310 e. The molecule has 0 aliphatic heterocycles. The second-order valence-electron chi connectivity index (χ2n) is 7.62. The van der Waals surface area contributed by atoms with Gasteiger partial charge in [0, 0.05) is 5.92 Å². The van der Waals surface area contributed by atoms with Crippen molar-refractivity contribution in [2.45, 2.75) is 77.6 Å². The van der Waals surface area contributed by atoms with Crippen molar-refractivity contribution in [3.05, 3.63) is 0 Å². The van der Waals surface area contributed by atoms with E-state index >= 15 is 0 Å². The van der Waals surface area contributed by atoms with Crippen molar-refractivity contribution >= 4 is 5.97 Å².